The number of nitrogens with zero attached hydrogens (tertiary/aromatic N) is 1. The fourth-order valence-electron chi connectivity index (χ4n) is 1.74. The van der Waals surface area contributed by atoms with Crippen molar-refractivity contribution in [2.75, 3.05) is 11.9 Å². The molecule has 0 saturated heterocycles. The van der Waals surface area contributed by atoms with Crippen LogP contribution < -0.4 is 5.32 Å². The third-order valence-electron chi connectivity index (χ3n) is 2.86. The highest BCUT2D eigenvalue weighted by Crippen LogP contribution is 2.20. The molecule has 0 spiro atoms. The first-order chi connectivity index (χ1) is 11.4. The first-order valence-electron chi connectivity index (χ1n) is 6.52. The Hall–Kier alpha value is -2.62. The smallest absolute Gasteiger partial charge is 0.340 e. The van der Waals surface area contributed by atoms with Crippen molar-refractivity contribution in [1.82, 2.24) is 0 Å². The van der Waals surface area contributed by atoms with E-state index in [2.05, 4.69) is 5.32 Å². The molecule has 5 nitrogen and oxygen atoms in total. The van der Waals surface area contributed by atoms with E-state index in [0.717, 1.165) is 18.2 Å². The Balaban J connectivity index is 1.94. The number of hydrogen-bond donors (Lipinski definition) is 1. The number of nitrogens with one attached hydrogen (secondary N) is 1. The summed E-state index contributed by atoms with van der Waals surface area (Å²) in [5, 5.41) is 11.3. The average Bonchev–Trinajstić information content (AvgIpc) is 2.53. The molecule has 2 aromatic rings. The maximum atomic E-state index is 12.9. The monoisotopic (exact) mass is 366 g/mol. The largest absolute Gasteiger partial charge is 0.452 e. The Labute approximate surface area is 146 Å². The van der Waals surface area contributed by atoms with Gasteiger partial charge < -0.3 is 10.1 Å². The minimum Gasteiger partial charge on any atom is -0.452 e. The molecule has 2 rings (SSSR count). The van der Waals surface area contributed by atoms with E-state index < -0.39 is 24.3 Å². The second-order valence-electron chi connectivity index (χ2n) is 4.55. The van der Waals surface area contributed by atoms with Crippen LogP contribution in [0.1, 0.15) is 15.9 Å². The van der Waals surface area contributed by atoms with Crippen molar-refractivity contribution in [2.24, 2.45) is 0 Å². The number of carbonyl (C=O) groups excluding carboxylic acids is 2. The molecule has 0 aliphatic heterocycles. The van der Waals surface area contributed by atoms with Crippen molar-refractivity contribution < 1.29 is 18.7 Å². The van der Waals surface area contributed by atoms with Crippen molar-refractivity contribution in [3.05, 3.63) is 63.4 Å². The van der Waals surface area contributed by atoms with E-state index in [4.69, 9.17) is 33.2 Å². The number of esters is 1. The minimum atomic E-state index is -0.854. The predicted octanol–water partition coefficient (Wildman–Crippen LogP) is 3.80. The molecule has 2 aromatic carbocycles. The predicted molar refractivity (Wildman–Crippen MR) is 86.5 cm³/mol. The summed E-state index contributed by atoms with van der Waals surface area (Å²) in [5.74, 6) is -2.05. The quantitative estimate of drug-likeness (QED) is 0.834. The van der Waals surface area contributed by atoms with E-state index in [0.29, 0.717) is 5.69 Å². The highest BCUT2D eigenvalue weighted by atomic mass is 35.5. The summed E-state index contributed by atoms with van der Waals surface area (Å²) in [5.41, 5.74) is 0.569. The van der Waals surface area contributed by atoms with Crippen LogP contribution in [0.25, 0.3) is 0 Å². The molecule has 0 bridgehead atoms. The number of carbonyl (C=O) groups is 2. The molecular formula is C16H9Cl2FN2O3. The summed E-state index contributed by atoms with van der Waals surface area (Å²) in [4.78, 5) is 23.6. The molecule has 0 aliphatic carbocycles. The zero-order valence-corrected chi connectivity index (χ0v) is 13.5. The number of halogens is 3. The van der Waals surface area contributed by atoms with Crippen molar-refractivity contribution in [3.8, 4) is 6.07 Å². The van der Waals surface area contributed by atoms with Crippen LogP contribution >= 0.6 is 23.2 Å². The van der Waals surface area contributed by atoms with Gasteiger partial charge in [-0.2, -0.15) is 5.26 Å². The summed E-state index contributed by atoms with van der Waals surface area (Å²) < 4.78 is 17.7. The molecule has 24 heavy (non-hydrogen) atoms. The zero-order valence-electron chi connectivity index (χ0n) is 12.0. The average molecular weight is 367 g/mol. The SMILES string of the molecule is N#Cc1ccc(NC(=O)COC(=O)c2ccc(F)cc2Cl)cc1Cl. The van der Waals surface area contributed by atoms with Gasteiger partial charge in [0.1, 0.15) is 11.9 Å². The van der Waals surface area contributed by atoms with Crippen LogP contribution in [0.3, 0.4) is 0 Å². The van der Waals surface area contributed by atoms with Crippen molar-refractivity contribution in [2.45, 2.75) is 0 Å². The van der Waals surface area contributed by atoms with Crippen LogP contribution in [0, 0.1) is 17.1 Å². The van der Waals surface area contributed by atoms with Crippen LogP contribution in [-0.4, -0.2) is 18.5 Å². The van der Waals surface area contributed by atoms with Gasteiger partial charge in [-0.1, -0.05) is 23.2 Å². The zero-order chi connectivity index (χ0) is 17.7. The molecule has 8 heteroatoms. The Bertz CT molecular complexity index is 850. The lowest BCUT2D eigenvalue weighted by Crippen LogP contribution is -2.21. The molecule has 1 N–H and O–H groups in total. The van der Waals surface area contributed by atoms with Crippen molar-refractivity contribution >= 4 is 40.8 Å². The molecule has 0 heterocycles. The first kappa shape index (κ1) is 17.7. The molecular weight excluding hydrogens is 358 g/mol. The van der Waals surface area contributed by atoms with Crippen LogP contribution in [0.4, 0.5) is 10.1 Å². The number of rotatable bonds is 4. The van der Waals surface area contributed by atoms with Gasteiger partial charge in [0.05, 0.1) is 21.2 Å². The Kier molecular flexibility index (Phi) is 5.74. The third kappa shape index (κ3) is 4.44. The molecule has 0 atom stereocenters. The van der Waals surface area contributed by atoms with Crippen LogP contribution in [0.15, 0.2) is 36.4 Å². The molecule has 1 amide bonds. The lowest BCUT2D eigenvalue weighted by atomic mass is 10.2. The van der Waals surface area contributed by atoms with Gasteiger partial charge in [0.25, 0.3) is 5.91 Å². The number of hydrogen-bond acceptors (Lipinski definition) is 4. The summed E-state index contributed by atoms with van der Waals surface area (Å²) in [7, 11) is 0. The number of amides is 1. The van der Waals surface area contributed by atoms with Gasteiger partial charge >= 0.3 is 5.97 Å². The Morgan fingerprint density at radius 3 is 2.54 bits per heavy atom. The topological polar surface area (TPSA) is 79.2 Å². The van der Waals surface area contributed by atoms with Gasteiger partial charge in [0, 0.05) is 5.69 Å². The fourth-order valence-corrected chi connectivity index (χ4v) is 2.21. The molecule has 0 aliphatic rings. The highest BCUT2D eigenvalue weighted by molar-refractivity contribution is 6.33. The van der Waals surface area contributed by atoms with Gasteiger partial charge in [0.2, 0.25) is 0 Å². The summed E-state index contributed by atoms with van der Waals surface area (Å²) in [6, 6.07) is 9.41. The van der Waals surface area contributed by atoms with Gasteiger partial charge in [-0.25, -0.2) is 9.18 Å². The molecule has 0 unspecified atom stereocenters. The maximum absolute atomic E-state index is 12.9. The van der Waals surface area contributed by atoms with Crippen LogP contribution in [-0.2, 0) is 9.53 Å². The maximum Gasteiger partial charge on any atom is 0.340 e. The summed E-state index contributed by atoms with van der Waals surface area (Å²) in [6.45, 7) is -0.565. The normalized spacial score (nSPS) is 9.92. The summed E-state index contributed by atoms with van der Waals surface area (Å²) >= 11 is 11.6. The fraction of sp³-hybridized carbons (Fsp3) is 0.0625. The summed E-state index contributed by atoms with van der Waals surface area (Å²) in [6.07, 6.45) is 0. The van der Waals surface area contributed by atoms with Crippen LogP contribution in [0.2, 0.25) is 10.0 Å². The third-order valence-corrected chi connectivity index (χ3v) is 3.48. The Morgan fingerprint density at radius 2 is 1.92 bits per heavy atom. The number of nitriles is 1. The van der Waals surface area contributed by atoms with E-state index in [1.54, 1.807) is 0 Å². The highest BCUT2D eigenvalue weighted by Gasteiger charge is 2.14. The first-order valence-corrected chi connectivity index (χ1v) is 7.28. The second-order valence-corrected chi connectivity index (χ2v) is 5.37. The molecule has 122 valence electrons. The lowest BCUT2D eigenvalue weighted by Gasteiger charge is -2.08. The van der Waals surface area contributed by atoms with Crippen molar-refractivity contribution in [1.29, 1.82) is 5.26 Å². The number of benzene rings is 2. The van der Waals surface area contributed by atoms with E-state index in [9.17, 15) is 14.0 Å². The lowest BCUT2D eigenvalue weighted by molar-refractivity contribution is -0.119. The van der Waals surface area contributed by atoms with E-state index in [-0.39, 0.29) is 21.2 Å². The molecule has 0 fully saturated rings. The van der Waals surface area contributed by atoms with Crippen LogP contribution in [0.5, 0.6) is 0 Å². The minimum absolute atomic E-state index is 0.0488. The van der Waals surface area contributed by atoms with Gasteiger partial charge in [-0.05, 0) is 36.4 Å². The van der Waals surface area contributed by atoms with Gasteiger partial charge in [-0.15, -0.1) is 0 Å². The van der Waals surface area contributed by atoms with E-state index in [1.165, 1.54) is 18.2 Å². The van der Waals surface area contributed by atoms with Gasteiger partial charge in [0.15, 0.2) is 6.61 Å². The molecule has 0 saturated carbocycles. The van der Waals surface area contributed by atoms with Crippen molar-refractivity contribution in [3.63, 3.8) is 0 Å². The van der Waals surface area contributed by atoms with E-state index in [1.807, 2.05) is 6.07 Å². The van der Waals surface area contributed by atoms with Gasteiger partial charge in [-0.3, -0.25) is 4.79 Å². The molecule has 0 aromatic heterocycles. The number of ether oxygens (including phenoxy) is 1. The standard InChI is InChI=1S/C16H9Cl2FN2O3/c17-13-6-11(3-1-9(13)7-20)21-15(22)8-24-16(23)12-4-2-10(19)5-14(12)18/h1-6H,8H2,(H,21,22). The molecule has 0 radical (unpaired) electrons. The van der Waals surface area contributed by atoms with E-state index >= 15 is 0 Å². The number of anilines is 1. The Morgan fingerprint density at radius 1 is 1.17 bits per heavy atom. The second kappa shape index (κ2) is 7.77.